The Hall–Kier alpha value is -1.13. The number of benzene rings is 1. The maximum absolute atomic E-state index is 12.9. The fourth-order valence-electron chi connectivity index (χ4n) is 1.63. The maximum atomic E-state index is 12.9. The summed E-state index contributed by atoms with van der Waals surface area (Å²) in [7, 11) is 0. The fraction of sp³-hybridized carbons (Fsp3) is 0.417. The average Bonchev–Trinajstić information content (AvgIpc) is 2.97. The van der Waals surface area contributed by atoms with Crippen LogP contribution >= 0.6 is 11.6 Å². The van der Waals surface area contributed by atoms with Gasteiger partial charge in [-0.25, -0.2) is 4.39 Å². The van der Waals surface area contributed by atoms with Crippen molar-refractivity contribution in [1.82, 2.24) is 5.32 Å². The van der Waals surface area contributed by atoms with Crippen LogP contribution in [0.25, 0.3) is 0 Å². The van der Waals surface area contributed by atoms with Crippen molar-refractivity contribution in [3.8, 4) is 0 Å². The monoisotopic (exact) mass is 256 g/mol. The zero-order valence-corrected chi connectivity index (χ0v) is 10.2. The van der Waals surface area contributed by atoms with Crippen molar-refractivity contribution in [2.24, 2.45) is 5.73 Å². The summed E-state index contributed by atoms with van der Waals surface area (Å²) in [5.41, 5.74) is 5.75. The smallest absolute Gasteiger partial charge is 0.240 e. The summed E-state index contributed by atoms with van der Waals surface area (Å²) in [6, 6.07) is 3.84. The zero-order chi connectivity index (χ0) is 12.6. The number of halogens is 2. The molecule has 92 valence electrons. The van der Waals surface area contributed by atoms with Crippen LogP contribution in [0.4, 0.5) is 4.39 Å². The van der Waals surface area contributed by atoms with E-state index >= 15 is 0 Å². The van der Waals surface area contributed by atoms with Crippen molar-refractivity contribution in [2.45, 2.75) is 31.3 Å². The highest BCUT2D eigenvalue weighted by atomic mass is 35.5. The van der Waals surface area contributed by atoms with E-state index in [1.807, 2.05) is 0 Å². The number of hydrogen-bond acceptors (Lipinski definition) is 2. The molecule has 2 rings (SSSR count). The lowest BCUT2D eigenvalue weighted by molar-refractivity contribution is -0.123. The van der Waals surface area contributed by atoms with Crippen LogP contribution in [0.2, 0.25) is 5.02 Å². The van der Waals surface area contributed by atoms with Gasteiger partial charge in [-0.3, -0.25) is 4.79 Å². The molecule has 0 bridgehead atoms. The van der Waals surface area contributed by atoms with E-state index in [1.165, 1.54) is 12.1 Å². The third kappa shape index (κ3) is 2.58. The molecule has 0 spiro atoms. The molecule has 5 heteroatoms. The van der Waals surface area contributed by atoms with Crippen molar-refractivity contribution in [3.63, 3.8) is 0 Å². The third-order valence-electron chi connectivity index (χ3n) is 3.02. The van der Waals surface area contributed by atoms with Crippen LogP contribution in [0.5, 0.6) is 0 Å². The lowest BCUT2D eigenvalue weighted by Gasteiger charge is -2.18. The number of nitrogens with two attached hydrogens (primary N) is 1. The summed E-state index contributed by atoms with van der Waals surface area (Å²) in [6.07, 6.45) is 1.42. The van der Waals surface area contributed by atoms with Gasteiger partial charge in [0, 0.05) is 5.02 Å². The van der Waals surface area contributed by atoms with Crippen LogP contribution in [-0.4, -0.2) is 11.4 Å². The molecule has 1 aliphatic rings. The van der Waals surface area contributed by atoms with Crippen molar-refractivity contribution in [1.29, 1.82) is 0 Å². The fourth-order valence-corrected chi connectivity index (χ4v) is 1.96. The molecule has 1 aliphatic carbocycles. The normalized spacial score (nSPS) is 18.6. The van der Waals surface area contributed by atoms with Gasteiger partial charge >= 0.3 is 0 Å². The number of amides is 1. The van der Waals surface area contributed by atoms with E-state index in [1.54, 1.807) is 13.0 Å². The van der Waals surface area contributed by atoms with Gasteiger partial charge in [-0.05, 0) is 37.5 Å². The van der Waals surface area contributed by atoms with Gasteiger partial charge in [0.25, 0.3) is 0 Å². The summed E-state index contributed by atoms with van der Waals surface area (Å²) in [5.74, 6) is -0.569. The largest absolute Gasteiger partial charge is 0.348 e. The number of rotatable bonds is 3. The molecule has 3 nitrogen and oxygen atoms in total. The van der Waals surface area contributed by atoms with E-state index in [0.29, 0.717) is 23.4 Å². The van der Waals surface area contributed by atoms with Crippen LogP contribution < -0.4 is 11.1 Å². The summed E-state index contributed by atoms with van der Waals surface area (Å²) in [6.45, 7) is 1.79. The first-order chi connectivity index (χ1) is 7.92. The number of hydrogen-bond donors (Lipinski definition) is 2. The van der Waals surface area contributed by atoms with Crippen LogP contribution in [-0.2, 0) is 4.79 Å². The molecule has 0 radical (unpaired) electrons. The molecule has 1 aromatic rings. The number of nitrogens with one attached hydrogen (secondary N) is 1. The van der Waals surface area contributed by atoms with Crippen LogP contribution in [0.1, 0.15) is 31.4 Å². The molecule has 0 aromatic heterocycles. The predicted molar refractivity (Wildman–Crippen MR) is 64.1 cm³/mol. The van der Waals surface area contributed by atoms with Crippen molar-refractivity contribution < 1.29 is 9.18 Å². The number of carbonyl (C=O) groups is 1. The van der Waals surface area contributed by atoms with Gasteiger partial charge in [0.05, 0.1) is 11.6 Å². The Morgan fingerprint density at radius 3 is 2.76 bits per heavy atom. The Kier molecular flexibility index (Phi) is 3.10. The van der Waals surface area contributed by atoms with Gasteiger partial charge in [0.15, 0.2) is 0 Å². The summed E-state index contributed by atoms with van der Waals surface area (Å²) in [5, 5.41) is 3.09. The molecule has 0 saturated heterocycles. The molecule has 1 amide bonds. The minimum atomic E-state index is -0.708. The first-order valence-electron chi connectivity index (χ1n) is 5.47. The van der Waals surface area contributed by atoms with Gasteiger partial charge < -0.3 is 11.1 Å². The second-order valence-electron chi connectivity index (χ2n) is 4.52. The van der Waals surface area contributed by atoms with E-state index in [2.05, 4.69) is 5.32 Å². The lowest BCUT2D eigenvalue weighted by atomic mass is 10.1. The molecule has 1 saturated carbocycles. The highest BCUT2D eigenvalue weighted by Gasteiger charge is 2.46. The molecule has 3 N–H and O–H groups in total. The van der Waals surface area contributed by atoms with Gasteiger partial charge in [-0.2, -0.15) is 0 Å². The molecule has 1 aromatic carbocycles. The summed E-state index contributed by atoms with van der Waals surface area (Å²) >= 11 is 5.92. The highest BCUT2D eigenvalue weighted by molar-refractivity contribution is 6.31. The van der Waals surface area contributed by atoms with E-state index in [-0.39, 0.29) is 11.9 Å². The minimum Gasteiger partial charge on any atom is -0.348 e. The Bertz CT molecular complexity index is 460. The topological polar surface area (TPSA) is 55.1 Å². The first-order valence-corrected chi connectivity index (χ1v) is 5.85. The van der Waals surface area contributed by atoms with Crippen molar-refractivity contribution >= 4 is 17.5 Å². The molecule has 0 aliphatic heterocycles. The van der Waals surface area contributed by atoms with Gasteiger partial charge in [-0.1, -0.05) is 17.7 Å². The quantitative estimate of drug-likeness (QED) is 0.871. The van der Waals surface area contributed by atoms with Crippen molar-refractivity contribution in [2.75, 3.05) is 0 Å². The SMILES string of the molecule is CC(NC(=O)C1(N)CC1)c1ccc(F)cc1Cl. The van der Waals surface area contributed by atoms with Crippen LogP contribution in [0, 0.1) is 5.82 Å². The second kappa shape index (κ2) is 4.27. The Balaban J connectivity index is 2.09. The summed E-state index contributed by atoms with van der Waals surface area (Å²) < 4.78 is 12.9. The summed E-state index contributed by atoms with van der Waals surface area (Å²) in [4.78, 5) is 11.7. The molecular weight excluding hydrogens is 243 g/mol. The van der Waals surface area contributed by atoms with E-state index in [0.717, 1.165) is 0 Å². The van der Waals surface area contributed by atoms with E-state index in [4.69, 9.17) is 17.3 Å². The maximum Gasteiger partial charge on any atom is 0.240 e. The molecule has 17 heavy (non-hydrogen) atoms. The number of carbonyl (C=O) groups excluding carboxylic acids is 1. The van der Waals surface area contributed by atoms with Crippen LogP contribution in [0.15, 0.2) is 18.2 Å². The minimum absolute atomic E-state index is 0.176. The zero-order valence-electron chi connectivity index (χ0n) is 9.47. The molecule has 0 heterocycles. The Morgan fingerprint density at radius 2 is 2.24 bits per heavy atom. The average molecular weight is 257 g/mol. The second-order valence-corrected chi connectivity index (χ2v) is 4.92. The molecule has 1 atom stereocenters. The predicted octanol–water partition coefficient (Wildman–Crippen LogP) is 2.15. The van der Waals surface area contributed by atoms with E-state index in [9.17, 15) is 9.18 Å². The molecule has 1 unspecified atom stereocenters. The molecule has 1 fully saturated rings. The highest BCUT2D eigenvalue weighted by Crippen LogP contribution is 2.33. The lowest BCUT2D eigenvalue weighted by Crippen LogP contribution is -2.43. The van der Waals surface area contributed by atoms with Gasteiger partial charge in [-0.15, -0.1) is 0 Å². The molecular formula is C12H14ClFN2O. The first kappa shape index (κ1) is 12.3. The Labute approximate surface area is 104 Å². The van der Waals surface area contributed by atoms with E-state index < -0.39 is 11.4 Å². The third-order valence-corrected chi connectivity index (χ3v) is 3.34. The standard InChI is InChI=1S/C12H14ClFN2O/c1-7(16-11(17)12(15)4-5-12)9-3-2-8(14)6-10(9)13/h2-3,6-7H,4-5,15H2,1H3,(H,16,17). The van der Waals surface area contributed by atoms with Crippen LogP contribution in [0.3, 0.4) is 0 Å². The van der Waals surface area contributed by atoms with Gasteiger partial charge in [0.1, 0.15) is 5.82 Å². The van der Waals surface area contributed by atoms with Crippen molar-refractivity contribution in [3.05, 3.63) is 34.6 Å². The Morgan fingerprint density at radius 1 is 1.59 bits per heavy atom. The van der Waals surface area contributed by atoms with Gasteiger partial charge in [0.2, 0.25) is 5.91 Å².